The second-order valence-corrected chi connectivity index (χ2v) is 6.84. The van der Waals surface area contributed by atoms with E-state index in [0.29, 0.717) is 11.6 Å². The van der Waals surface area contributed by atoms with Crippen molar-refractivity contribution in [3.8, 4) is 0 Å². The Morgan fingerprint density at radius 3 is 2.39 bits per heavy atom. The van der Waals surface area contributed by atoms with Gasteiger partial charge in [-0.05, 0) is 18.1 Å². The Balaban J connectivity index is 2.18. The predicted molar refractivity (Wildman–Crippen MR) is 83.0 cm³/mol. The molecular weight excluding hydrogens is 324 g/mol. The first-order chi connectivity index (χ1) is 10.9. The number of hydrogen-bond acceptors (Lipinski definition) is 3. The highest BCUT2D eigenvalue weighted by atomic mass is 32.2. The largest absolute Gasteiger partial charge is 0.396 e. The molecule has 23 heavy (non-hydrogen) atoms. The zero-order valence-corrected chi connectivity index (χ0v) is 13.1. The van der Waals surface area contributed by atoms with E-state index in [-0.39, 0.29) is 18.6 Å². The third-order valence-corrected chi connectivity index (χ3v) is 4.64. The maximum absolute atomic E-state index is 13.6. The lowest BCUT2D eigenvalue weighted by Crippen LogP contribution is -2.30. The molecule has 0 saturated carbocycles. The average Bonchev–Trinajstić information content (AvgIpc) is 2.50. The normalized spacial score (nSPS) is 13.0. The number of sulfonamides is 1. The Hall–Kier alpha value is -1.83. The van der Waals surface area contributed by atoms with Gasteiger partial charge in [0.15, 0.2) is 0 Å². The summed E-state index contributed by atoms with van der Waals surface area (Å²) in [6.07, 6.45) is 0.190. The van der Waals surface area contributed by atoms with Crippen LogP contribution in [0.15, 0.2) is 48.5 Å². The third kappa shape index (κ3) is 5.09. The summed E-state index contributed by atoms with van der Waals surface area (Å²) < 4.78 is 53.4. The van der Waals surface area contributed by atoms with Crippen LogP contribution in [0, 0.1) is 11.6 Å². The third-order valence-electron chi connectivity index (χ3n) is 3.30. The van der Waals surface area contributed by atoms with Crippen LogP contribution in [-0.4, -0.2) is 20.1 Å². The minimum atomic E-state index is -3.86. The van der Waals surface area contributed by atoms with E-state index in [0.717, 1.165) is 12.1 Å². The summed E-state index contributed by atoms with van der Waals surface area (Å²) in [5, 5.41) is 9.12. The van der Waals surface area contributed by atoms with Gasteiger partial charge < -0.3 is 5.11 Å². The van der Waals surface area contributed by atoms with Crippen LogP contribution < -0.4 is 4.72 Å². The number of aliphatic hydroxyl groups is 1. The van der Waals surface area contributed by atoms with E-state index in [4.69, 9.17) is 5.11 Å². The van der Waals surface area contributed by atoms with E-state index in [9.17, 15) is 17.2 Å². The molecular formula is C16H17F2NO3S. The number of rotatable bonds is 7. The van der Waals surface area contributed by atoms with E-state index < -0.39 is 33.5 Å². The van der Waals surface area contributed by atoms with Crippen LogP contribution in [0.3, 0.4) is 0 Å². The van der Waals surface area contributed by atoms with Gasteiger partial charge in [-0.25, -0.2) is 21.9 Å². The molecule has 0 aliphatic carbocycles. The Kier molecular flexibility index (Phi) is 5.81. The van der Waals surface area contributed by atoms with Crippen molar-refractivity contribution in [1.82, 2.24) is 4.72 Å². The van der Waals surface area contributed by atoms with Crippen LogP contribution in [0.4, 0.5) is 8.78 Å². The summed E-state index contributed by atoms with van der Waals surface area (Å²) in [5.41, 5.74) is 0.583. The van der Waals surface area contributed by atoms with Crippen LogP contribution >= 0.6 is 0 Å². The zero-order valence-electron chi connectivity index (χ0n) is 12.2. The molecule has 0 amide bonds. The molecule has 0 spiro atoms. The molecule has 2 rings (SSSR count). The fraction of sp³-hybridized carbons (Fsp3) is 0.250. The number of nitrogens with one attached hydrogen (secondary N) is 1. The average molecular weight is 341 g/mol. The van der Waals surface area contributed by atoms with Crippen molar-refractivity contribution in [3.63, 3.8) is 0 Å². The van der Waals surface area contributed by atoms with Gasteiger partial charge in [-0.2, -0.15) is 0 Å². The quantitative estimate of drug-likeness (QED) is 0.813. The number of hydrogen-bond donors (Lipinski definition) is 2. The molecule has 7 heteroatoms. The predicted octanol–water partition coefficient (Wildman–Crippen LogP) is 2.51. The van der Waals surface area contributed by atoms with Crippen molar-refractivity contribution < 1.29 is 22.3 Å². The minimum Gasteiger partial charge on any atom is -0.396 e. The van der Waals surface area contributed by atoms with Crippen LogP contribution in [0.5, 0.6) is 0 Å². The van der Waals surface area contributed by atoms with Gasteiger partial charge in [0.1, 0.15) is 11.6 Å². The van der Waals surface area contributed by atoms with Gasteiger partial charge in [0.25, 0.3) is 0 Å². The second kappa shape index (κ2) is 7.63. The lowest BCUT2D eigenvalue weighted by Gasteiger charge is -2.18. The molecule has 0 radical (unpaired) electrons. The molecule has 0 aliphatic rings. The number of benzene rings is 2. The monoisotopic (exact) mass is 341 g/mol. The van der Waals surface area contributed by atoms with Gasteiger partial charge in [-0.15, -0.1) is 0 Å². The van der Waals surface area contributed by atoms with E-state index in [1.165, 1.54) is 0 Å². The first-order valence-corrected chi connectivity index (χ1v) is 8.66. The van der Waals surface area contributed by atoms with Gasteiger partial charge >= 0.3 is 0 Å². The van der Waals surface area contributed by atoms with Gasteiger partial charge in [-0.1, -0.05) is 36.4 Å². The van der Waals surface area contributed by atoms with Crippen molar-refractivity contribution in [2.24, 2.45) is 0 Å². The summed E-state index contributed by atoms with van der Waals surface area (Å²) in [4.78, 5) is 0. The minimum absolute atomic E-state index is 0.116. The van der Waals surface area contributed by atoms with E-state index in [1.54, 1.807) is 30.3 Å². The van der Waals surface area contributed by atoms with Gasteiger partial charge in [0, 0.05) is 24.3 Å². The molecule has 0 bridgehead atoms. The molecule has 124 valence electrons. The lowest BCUT2D eigenvalue weighted by atomic mass is 10.1. The van der Waals surface area contributed by atoms with Crippen molar-refractivity contribution in [3.05, 3.63) is 71.3 Å². The van der Waals surface area contributed by atoms with Crippen LogP contribution in [-0.2, 0) is 15.8 Å². The maximum atomic E-state index is 13.6. The fourth-order valence-corrected chi connectivity index (χ4v) is 3.62. The van der Waals surface area contributed by atoms with Gasteiger partial charge in [0.2, 0.25) is 10.0 Å². The Morgan fingerprint density at radius 1 is 1.09 bits per heavy atom. The molecule has 2 N–H and O–H groups in total. The van der Waals surface area contributed by atoms with Crippen LogP contribution in [0.2, 0.25) is 0 Å². The van der Waals surface area contributed by atoms with Crippen molar-refractivity contribution in [2.45, 2.75) is 18.2 Å². The van der Waals surface area contributed by atoms with E-state index in [2.05, 4.69) is 4.72 Å². The molecule has 0 aliphatic heterocycles. The second-order valence-electron chi connectivity index (χ2n) is 5.09. The van der Waals surface area contributed by atoms with Gasteiger partial charge in [0.05, 0.1) is 5.75 Å². The molecule has 2 aromatic carbocycles. The number of halogens is 2. The standard InChI is InChI=1S/C16H17F2NO3S/c17-14-7-6-13(15(18)10-14)11-23(21,22)19-16(8-9-20)12-4-2-1-3-5-12/h1-7,10,16,19-20H,8-9,11H2/t16-/m1/s1. The zero-order chi connectivity index (χ0) is 16.9. The topological polar surface area (TPSA) is 66.4 Å². The number of aliphatic hydroxyl groups excluding tert-OH is 1. The van der Waals surface area contributed by atoms with Crippen molar-refractivity contribution in [1.29, 1.82) is 0 Å². The first kappa shape index (κ1) is 17.5. The summed E-state index contributed by atoms with van der Waals surface area (Å²) in [6.45, 7) is -0.201. The summed E-state index contributed by atoms with van der Waals surface area (Å²) in [6, 6.07) is 10.9. The highest BCUT2D eigenvalue weighted by Gasteiger charge is 2.21. The molecule has 0 heterocycles. The molecule has 1 atom stereocenters. The summed E-state index contributed by atoms with van der Waals surface area (Å²) >= 11 is 0. The van der Waals surface area contributed by atoms with E-state index in [1.807, 2.05) is 0 Å². The molecule has 0 saturated heterocycles. The lowest BCUT2D eigenvalue weighted by molar-refractivity contribution is 0.272. The first-order valence-electron chi connectivity index (χ1n) is 7.01. The molecule has 0 fully saturated rings. The molecule has 2 aromatic rings. The highest BCUT2D eigenvalue weighted by Crippen LogP contribution is 2.19. The molecule has 0 unspecified atom stereocenters. The van der Waals surface area contributed by atoms with Crippen LogP contribution in [0.25, 0.3) is 0 Å². The fourth-order valence-electron chi connectivity index (χ4n) is 2.21. The maximum Gasteiger partial charge on any atom is 0.216 e. The summed E-state index contributed by atoms with van der Waals surface area (Å²) in [5.74, 6) is -2.28. The van der Waals surface area contributed by atoms with Crippen molar-refractivity contribution >= 4 is 10.0 Å². The van der Waals surface area contributed by atoms with Crippen molar-refractivity contribution in [2.75, 3.05) is 6.61 Å². The highest BCUT2D eigenvalue weighted by molar-refractivity contribution is 7.88. The Morgan fingerprint density at radius 2 is 1.78 bits per heavy atom. The van der Waals surface area contributed by atoms with Crippen LogP contribution in [0.1, 0.15) is 23.6 Å². The summed E-state index contributed by atoms with van der Waals surface area (Å²) in [7, 11) is -3.86. The Labute approximate surface area is 133 Å². The molecule has 4 nitrogen and oxygen atoms in total. The Bertz CT molecular complexity index is 751. The van der Waals surface area contributed by atoms with E-state index >= 15 is 0 Å². The SMILES string of the molecule is O=S(=O)(Cc1ccc(F)cc1F)N[C@H](CCO)c1ccccc1. The van der Waals surface area contributed by atoms with Gasteiger partial charge in [-0.3, -0.25) is 0 Å². The smallest absolute Gasteiger partial charge is 0.216 e. The molecule has 0 aromatic heterocycles.